The number of carbonyl (C=O) groups is 1. The van der Waals surface area contributed by atoms with Gasteiger partial charge in [-0.25, -0.2) is 0 Å². The van der Waals surface area contributed by atoms with Crippen molar-refractivity contribution in [2.45, 2.75) is 52.5 Å². The minimum atomic E-state index is -0.162. The fraction of sp³-hybridized carbons (Fsp3) is 0.562. The fourth-order valence-electron chi connectivity index (χ4n) is 2.00. The quantitative estimate of drug-likeness (QED) is 0.773. The number of amides is 1. The number of anilines is 1. The van der Waals surface area contributed by atoms with Crippen molar-refractivity contribution in [2.24, 2.45) is 5.92 Å². The van der Waals surface area contributed by atoms with E-state index in [0.717, 1.165) is 18.4 Å². The molecule has 2 unspecified atom stereocenters. The molecule has 3 heteroatoms. The Labute approximate surface area is 116 Å². The topological polar surface area (TPSA) is 55.1 Å². The van der Waals surface area contributed by atoms with E-state index in [1.165, 1.54) is 0 Å². The van der Waals surface area contributed by atoms with Crippen molar-refractivity contribution in [2.75, 3.05) is 5.73 Å². The van der Waals surface area contributed by atoms with E-state index in [1.807, 2.05) is 31.2 Å². The zero-order chi connectivity index (χ0) is 14.4. The number of carbonyl (C=O) groups excluding carboxylic acids is 1. The first-order valence-corrected chi connectivity index (χ1v) is 7.06. The minimum absolute atomic E-state index is 0.0712. The van der Waals surface area contributed by atoms with Crippen LogP contribution in [-0.4, -0.2) is 11.9 Å². The molecule has 2 atom stereocenters. The Balaban J connectivity index is 2.53. The van der Waals surface area contributed by atoms with Crippen LogP contribution >= 0.6 is 0 Å². The molecule has 0 aliphatic heterocycles. The molecule has 0 saturated heterocycles. The SMILES string of the molecule is CC(C)CCC(C)NC(=O)C(C)c1cccc(N)c1. The van der Waals surface area contributed by atoms with Gasteiger partial charge in [-0.3, -0.25) is 4.79 Å². The van der Waals surface area contributed by atoms with Gasteiger partial charge in [0.15, 0.2) is 0 Å². The van der Waals surface area contributed by atoms with Crippen LogP contribution in [0.15, 0.2) is 24.3 Å². The molecule has 19 heavy (non-hydrogen) atoms. The number of nitrogen functional groups attached to an aromatic ring is 1. The Morgan fingerprint density at radius 2 is 1.89 bits per heavy atom. The monoisotopic (exact) mass is 262 g/mol. The number of hydrogen-bond donors (Lipinski definition) is 2. The van der Waals surface area contributed by atoms with Crippen LogP contribution in [0.3, 0.4) is 0 Å². The summed E-state index contributed by atoms with van der Waals surface area (Å²) in [5.74, 6) is 0.581. The van der Waals surface area contributed by atoms with Gasteiger partial charge < -0.3 is 11.1 Å². The molecule has 1 aromatic rings. The van der Waals surface area contributed by atoms with E-state index in [-0.39, 0.29) is 17.9 Å². The Bertz CT molecular complexity index is 415. The highest BCUT2D eigenvalue weighted by molar-refractivity contribution is 5.83. The second kappa shape index (κ2) is 7.17. The van der Waals surface area contributed by atoms with E-state index in [1.54, 1.807) is 0 Å². The Hall–Kier alpha value is -1.51. The van der Waals surface area contributed by atoms with Gasteiger partial charge in [-0.1, -0.05) is 26.0 Å². The molecule has 1 amide bonds. The molecule has 0 aromatic heterocycles. The molecule has 3 nitrogen and oxygen atoms in total. The van der Waals surface area contributed by atoms with E-state index < -0.39 is 0 Å². The van der Waals surface area contributed by atoms with Crippen molar-refractivity contribution in [3.63, 3.8) is 0 Å². The summed E-state index contributed by atoms with van der Waals surface area (Å²) in [5, 5.41) is 3.07. The Kier molecular flexibility index (Phi) is 5.87. The van der Waals surface area contributed by atoms with E-state index in [0.29, 0.717) is 11.6 Å². The first-order valence-electron chi connectivity index (χ1n) is 7.06. The van der Waals surface area contributed by atoms with Gasteiger partial charge in [0, 0.05) is 11.7 Å². The van der Waals surface area contributed by atoms with Gasteiger partial charge in [0.1, 0.15) is 0 Å². The lowest BCUT2D eigenvalue weighted by atomic mass is 9.98. The zero-order valence-corrected chi connectivity index (χ0v) is 12.4. The lowest BCUT2D eigenvalue weighted by Gasteiger charge is -2.18. The summed E-state index contributed by atoms with van der Waals surface area (Å²) in [6.45, 7) is 8.37. The van der Waals surface area contributed by atoms with Crippen molar-refractivity contribution < 1.29 is 4.79 Å². The van der Waals surface area contributed by atoms with Crippen LogP contribution < -0.4 is 11.1 Å². The third-order valence-electron chi connectivity index (χ3n) is 3.37. The van der Waals surface area contributed by atoms with Crippen molar-refractivity contribution in [3.8, 4) is 0 Å². The van der Waals surface area contributed by atoms with E-state index in [4.69, 9.17) is 5.73 Å². The van der Waals surface area contributed by atoms with Gasteiger partial charge in [-0.2, -0.15) is 0 Å². The predicted octanol–water partition coefficient (Wildman–Crippen LogP) is 3.31. The van der Waals surface area contributed by atoms with Crippen molar-refractivity contribution in [1.82, 2.24) is 5.32 Å². The fourth-order valence-corrected chi connectivity index (χ4v) is 2.00. The van der Waals surface area contributed by atoms with Crippen molar-refractivity contribution in [3.05, 3.63) is 29.8 Å². The summed E-state index contributed by atoms with van der Waals surface area (Å²) in [7, 11) is 0. The van der Waals surface area contributed by atoms with E-state index in [9.17, 15) is 4.79 Å². The molecular formula is C16H26N2O. The minimum Gasteiger partial charge on any atom is -0.399 e. The van der Waals surface area contributed by atoms with Gasteiger partial charge in [0.05, 0.1) is 5.92 Å². The van der Waals surface area contributed by atoms with Gasteiger partial charge in [0.25, 0.3) is 0 Å². The molecule has 0 saturated carbocycles. The third kappa shape index (κ3) is 5.33. The van der Waals surface area contributed by atoms with E-state index in [2.05, 4.69) is 26.1 Å². The van der Waals surface area contributed by atoms with Gasteiger partial charge in [-0.15, -0.1) is 0 Å². The van der Waals surface area contributed by atoms with Crippen LogP contribution in [0, 0.1) is 5.92 Å². The molecule has 0 radical (unpaired) electrons. The van der Waals surface area contributed by atoms with Crippen LogP contribution in [0.25, 0.3) is 0 Å². The van der Waals surface area contributed by atoms with Crippen LogP contribution in [0.1, 0.15) is 52.0 Å². The van der Waals surface area contributed by atoms with Crippen LogP contribution in [0.4, 0.5) is 5.69 Å². The van der Waals surface area contributed by atoms with Crippen molar-refractivity contribution >= 4 is 11.6 Å². The molecule has 1 aromatic carbocycles. The molecule has 0 aliphatic carbocycles. The molecule has 1 rings (SSSR count). The number of benzene rings is 1. The zero-order valence-electron chi connectivity index (χ0n) is 12.4. The molecule has 106 valence electrons. The normalized spacial score (nSPS) is 14.2. The average Bonchev–Trinajstić information content (AvgIpc) is 2.35. The van der Waals surface area contributed by atoms with Crippen LogP contribution in [0.5, 0.6) is 0 Å². The summed E-state index contributed by atoms with van der Waals surface area (Å²) in [6, 6.07) is 7.75. The average molecular weight is 262 g/mol. The first-order chi connectivity index (χ1) is 8.90. The molecule has 3 N–H and O–H groups in total. The summed E-state index contributed by atoms with van der Waals surface area (Å²) in [6.07, 6.45) is 2.15. The largest absolute Gasteiger partial charge is 0.399 e. The lowest BCUT2D eigenvalue weighted by molar-refractivity contribution is -0.122. The lowest BCUT2D eigenvalue weighted by Crippen LogP contribution is -2.35. The second-order valence-corrected chi connectivity index (χ2v) is 5.77. The number of nitrogens with two attached hydrogens (primary N) is 1. The summed E-state index contributed by atoms with van der Waals surface area (Å²) in [5.41, 5.74) is 7.41. The molecular weight excluding hydrogens is 236 g/mol. The van der Waals surface area contributed by atoms with Gasteiger partial charge in [-0.05, 0) is 50.3 Å². The first kappa shape index (κ1) is 15.5. The standard InChI is InChI=1S/C16H26N2O/c1-11(2)8-9-12(3)18-16(19)13(4)14-6-5-7-15(17)10-14/h5-7,10-13H,8-9,17H2,1-4H3,(H,18,19). The second-order valence-electron chi connectivity index (χ2n) is 5.77. The number of rotatable bonds is 6. The summed E-state index contributed by atoms with van der Waals surface area (Å²) in [4.78, 5) is 12.2. The summed E-state index contributed by atoms with van der Waals surface area (Å²) < 4.78 is 0. The Morgan fingerprint density at radius 1 is 1.21 bits per heavy atom. The Morgan fingerprint density at radius 3 is 2.47 bits per heavy atom. The van der Waals surface area contributed by atoms with Gasteiger partial charge in [0.2, 0.25) is 5.91 Å². The molecule has 0 heterocycles. The van der Waals surface area contributed by atoms with Gasteiger partial charge >= 0.3 is 0 Å². The smallest absolute Gasteiger partial charge is 0.227 e. The van der Waals surface area contributed by atoms with Crippen molar-refractivity contribution in [1.29, 1.82) is 0 Å². The number of hydrogen-bond acceptors (Lipinski definition) is 2. The molecule has 0 bridgehead atoms. The summed E-state index contributed by atoms with van der Waals surface area (Å²) >= 11 is 0. The van der Waals surface area contributed by atoms with E-state index >= 15 is 0 Å². The maximum Gasteiger partial charge on any atom is 0.227 e. The van der Waals surface area contributed by atoms with Crippen LogP contribution in [-0.2, 0) is 4.79 Å². The highest BCUT2D eigenvalue weighted by atomic mass is 16.1. The number of nitrogens with one attached hydrogen (secondary N) is 1. The maximum atomic E-state index is 12.2. The van der Waals surface area contributed by atoms with Crippen LogP contribution in [0.2, 0.25) is 0 Å². The molecule has 0 spiro atoms. The predicted molar refractivity (Wildman–Crippen MR) is 80.9 cm³/mol. The third-order valence-corrected chi connectivity index (χ3v) is 3.37. The highest BCUT2D eigenvalue weighted by Crippen LogP contribution is 2.18. The molecule has 0 aliphatic rings. The highest BCUT2D eigenvalue weighted by Gasteiger charge is 2.17. The maximum absolute atomic E-state index is 12.2. The molecule has 0 fully saturated rings.